The van der Waals surface area contributed by atoms with Gasteiger partial charge in [0, 0.05) is 34.2 Å². The fourth-order valence-electron chi connectivity index (χ4n) is 2.61. The Bertz CT molecular complexity index is 795. The van der Waals surface area contributed by atoms with Crippen LogP contribution in [0, 0.1) is 0 Å². The van der Waals surface area contributed by atoms with Crippen molar-refractivity contribution in [2.24, 2.45) is 0 Å². The second-order valence-corrected chi connectivity index (χ2v) is 5.48. The van der Waals surface area contributed by atoms with Crippen molar-refractivity contribution >= 4 is 22.5 Å². The number of nitrogens with zero attached hydrogens (tertiary/aromatic N) is 1. The van der Waals surface area contributed by atoms with Crippen LogP contribution >= 0.6 is 11.6 Å². The number of benzene rings is 2. The van der Waals surface area contributed by atoms with Gasteiger partial charge in [0.1, 0.15) is 6.61 Å². The van der Waals surface area contributed by atoms with E-state index in [1.54, 1.807) is 7.11 Å². The highest BCUT2D eigenvalue weighted by atomic mass is 35.5. The smallest absolute Gasteiger partial charge is 0.161 e. The number of ether oxygens (including phenoxy) is 2. The zero-order valence-corrected chi connectivity index (χ0v) is 13.4. The lowest BCUT2D eigenvalue weighted by Gasteiger charge is -2.09. The summed E-state index contributed by atoms with van der Waals surface area (Å²) >= 11 is 6.14. The van der Waals surface area contributed by atoms with Gasteiger partial charge >= 0.3 is 0 Å². The van der Waals surface area contributed by atoms with E-state index in [0.717, 1.165) is 34.0 Å². The molecule has 0 spiro atoms. The second kappa shape index (κ2) is 6.32. The Morgan fingerprint density at radius 3 is 2.59 bits per heavy atom. The molecule has 114 valence electrons. The van der Waals surface area contributed by atoms with E-state index in [4.69, 9.17) is 21.1 Å². The third-order valence-corrected chi connectivity index (χ3v) is 3.95. The van der Waals surface area contributed by atoms with Crippen LogP contribution in [-0.4, -0.2) is 11.7 Å². The average Bonchev–Trinajstić information content (AvgIpc) is 2.90. The van der Waals surface area contributed by atoms with Crippen molar-refractivity contribution < 1.29 is 9.47 Å². The van der Waals surface area contributed by atoms with Gasteiger partial charge < -0.3 is 14.0 Å². The lowest BCUT2D eigenvalue weighted by atomic mass is 10.2. The molecular weight excluding hydrogens is 298 g/mol. The fraction of sp³-hybridized carbons (Fsp3) is 0.222. The average molecular weight is 316 g/mol. The molecule has 0 aliphatic heterocycles. The molecule has 0 aliphatic rings. The minimum absolute atomic E-state index is 0.476. The Hall–Kier alpha value is -2.13. The topological polar surface area (TPSA) is 23.4 Å². The lowest BCUT2D eigenvalue weighted by molar-refractivity contribution is 0.285. The van der Waals surface area contributed by atoms with Crippen LogP contribution in [0.15, 0.2) is 48.7 Å². The molecule has 3 rings (SSSR count). The highest BCUT2D eigenvalue weighted by Crippen LogP contribution is 2.29. The third-order valence-electron chi connectivity index (χ3n) is 3.72. The van der Waals surface area contributed by atoms with Crippen LogP contribution in [0.25, 0.3) is 10.9 Å². The Morgan fingerprint density at radius 2 is 1.86 bits per heavy atom. The van der Waals surface area contributed by atoms with Gasteiger partial charge in [-0.3, -0.25) is 0 Å². The van der Waals surface area contributed by atoms with Crippen LogP contribution in [-0.2, 0) is 13.2 Å². The van der Waals surface area contributed by atoms with E-state index in [2.05, 4.69) is 17.7 Å². The van der Waals surface area contributed by atoms with E-state index >= 15 is 0 Å². The van der Waals surface area contributed by atoms with Crippen LogP contribution in [0.5, 0.6) is 11.5 Å². The number of rotatable bonds is 5. The highest BCUT2D eigenvalue weighted by molar-refractivity contribution is 6.31. The van der Waals surface area contributed by atoms with Gasteiger partial charge in [-0.1, -0.05) is 23.7 Å². The first-order valence-corrected chi connectivity index (χ1v) is 7.63. The molecule has 3 aromatic rings. The molecule has 22 heavy (non-hydrogen) atoms. The first-order valence-electron chi connectivity index (χ1n) is 7.26. The summed E-state index contributed by atoms with van der Waals surface area (Å²) in [5.74, 6) is 1.48. The van der Waals surface area contributed by atoms with Gasteiger partial charge in [-0.15, -0.1) is 0 Å². The molecule has 2 aromatic carbocycles. The monoisotopic (exact) mass is 315 g/mol. The SMILES string of the molecule is CCn1cc(COc2ccccc2OC)c2cc(Cl)ccc21. The minimum Gasteiger partial charge on any atom is -0.493 e. The van der Waals surface area contributed by atoms with Crippen LogP contribution in [0.1, 0.15) is 12.5 Å². The van der Waals surface area contributed by atoms with Gasteiger partial charge in [-0.05, 0) is 37.3 Å². The molecule has 0 bridgehead atoms. The molecule has 0 saturated carbocycles. The quantitative estimate of drug-likeness (QED) is 0.668. The molecule has 1 heterocycles. The van der Waals surface area contributed by atoms with Crippen LogP contribution < -0.4 is 9.47 Å². The summed E-state index contributed by atoms with van der Waals surface area (Å²) < 4.78 is 13.5. The maximum Gasteiger partial charge on any atom is 0.161 e. The second-order valence-electron chi connectivity index (χ2n) is 5.04. The fourth-order valence-corrected chi connectivity index (χ4v) is 2.79. The highest BCUT2D eigenvalue weighted by Gasteiger charge is 2.10. The Balaban J connectivity index is 1.92. The molecule has 0 N–H and O–H groups in total. The normalized spacial score (nSPS) is 10.9. The summed E-state index contributed by atoms with van der Waals surface area (Å²) in [5, 5.41) is 1.86. The van der Waals surface area contributed by atoms with Crippen molar-refractivity contribution in [3.8, 4) is 11.5 Å². The molecule has 0 unspecified atom stereocenters. The van der Waals surface area contributed by atoms with Crippen LogP contribution in [0.2, 0.25) is 5.02 Å². The standard InChI is InChI=1S/C18H18ClNO2/c1-3-20-11-13(15-10-14(19)8-9-16(15)20)12-22-18-7-5-4-6-17(18)21-2/h4-11H,3,12H2,1-2H3. The van der Waals surface area contributed by atoms with Gasteiger partial charge in [-0.2, -0.15) is 0 Å². The van der Waals surface area contributed by atoms with Crippen molar-refractivity contribution in [2.75, 3.05) is 7.11 Å². The first kappa shape index (κ1) is 14.8. The Morgan fingerprint density at radius 1 is 1.09 bits per heavy atom. The van der Waals surface area contributed by atoms with Crippen molar-refractivity contribution in [3.63, 3.8) is 0 Å². The first-order chi connectivity index (χ1) is 10.7. The Labute approximate surface area is 135 Å². The summed E-state index contributed by atoms with van der Waals surface area (Å²) in [7, 11) is 1.64. The number of para-hydroxylation sites is 2. The van der Waals surface area contributed by atoms with E-state index in [1.807, 2.05) is 42.5 Å². The van der Waals surface area contributed by atoms with E-state index < -0.39 is 0 Å². The number of aryl methyl sites for hydroxylation is 1. The molecule has 0 saturated heterocycles. The number of hydrogen-bond acceptors (Lipinski definition) is 2. The summed E-state index contributed by atoms with van der Waals surface area (Å²) in [4.78, 5) is 0. The van der Waals surface area contributed by atoms with E-state index in [9.17, 15) is 0 Å². The maximum absolute atomic E-state index is 6.14. The van der Waals surface area contributed by atoms with Gasteiger partial charge in [-0.25, -0.2) is 0 Å². The molecule has 0 amide bonds. The zero-order valence-electron chi connectivity index (χ0n) is 12.7. The van der Waals surface area contributed by atoms with Crippen LogP contribution in [0.4, 0.5) is 0 Å². The third kappa shape index (κ3) is 2.77. The maximum atomic E-state index is 6.14. The number of methoxy groups -OCH3 is 1. The molecule has 0 fully saturated rings. The summed E-state index contributed by atoms with van der Waals surface area (Å²) in [6.07, 6.45) is 2.12. The van der Waals surface area contributed by atoms with Gasteiger partial charge in [0.05, 0.1) is 7.11 Å². The van der Waals surface area contributed by atoms with Crippen molar-refractivity contribution in [1.82, 2.24) is 4.57 Å². The predicted molar refractivity (Wildman–Crippen MR) is 89.9 cm³/mol. The van der Waals surface area contributed by atoms with Crippen molar-refractivity contribution in [1.29, 1.82) is 0 Å². The summed E-state index contributed by atoms with van der Waals surface area (Å²) in [6, 6.07) is 13.6. The molecule has 3 nitrogen and oxygen atoms in total. The minimum atomic E-state index is 0.476. The van der Waals surface area contributed by atoms with Crippen molar-refractivity contribution in [2.45, 2.75) is 20.1 Å². The molecule has 0 aliphatic carbocycles. The molecule has 4 heteroatoms. The van der Waals surface area contributed by atoms with E-state index in [-0.39, 0.29) is 0 Å². The number of halogens is 1. The summed E-state index contributed by atoms with van der Waals surface area (Å²) in [6.45, 7) is 3.51. The molecule has 0 atom stereocenters. The zero-order chi connectivity index (χ0) is 15.5. The van der Waals surface area contributed by atoms with Gasteiger partial charge in [0.25, 0.3) is 0 Å². The van der Waals surface area contributed by atoms with E-state index in [1.165, 1.54) is 5.52 Å². The van der Waals surface area contributed by atoms with Gasteiger partial charge in [0.2, 0.25) is 0 Å². The van der Waals surface area contributed by atoms with Gasteiger partial charge in [0.15, 0.2) is 11.5 Å². The number of hydrogen-bond donors (Lipinski definition) is 0. The molecule has 0 radical (unpaired) electrons. The predicted octanol–water partition coefficient (Wildman–Crippen LogP) is 4.90. The van der Waals surface area contributed by atoms with E-state index in [0.29, 0.717) is 6.61 Å². The van der Waals surface area contributed by atoms with Crippen molar-refractivity contribution in [3.05, 3.63) is 59.2 Å². The lowest BCUT2D eigenvalue weighted by Crippen LogP contribution is -1.97. The largest absolute Gasteiger partial charge is 0.493 e. The molecular formula is C18H18ClNO2. The summed E-state index contributed by atoms with van der Waals surface area (Å²) in [5.41, 5.74) is 2.29. The number of fused-ring (bicyclic) bond motifs is 1. The Kier molecular flexibility index (Phi) is 4.25. The van der Waals surface area contributed by atoms with Crippen LogP contribution in [0.3, 0.4) is 0 Å². The molecule has 1 aromatic heterocycles. The number of aromatic nitrogens is 1.